The van der Waals surface area contributed by atoms with Crippen LogP contribution in [0.5, 0.6) is 0 Å². The molecule has 2 rings (SSSR count). The fourth-order valence-corrected chi connectivity index (χ4v) is 2.81. The van der Waals surface area contributed by atoms with Crippen LogP contribution in [0.2, 0.25) is 0 Å². The highest BCUT2D eigenvalue weighted by atomic mass is 16.4. The largest absolute Gasteiger partial charge is 0.476 e. The van der Waals surface area contributed by atoms with Gasteiger partial charge in [-0.2, -0.15) is 0 Å². The van der Waals surface area contributed by atoms with Gasteiger partial charge in [0, 0.05) is 6.04 Å². The van der Waals surface area contributed by atoms with Gasteiger partial charge in [0.05, 0.1) is 12.4 Å². The van der Waals surface area contributed by atoms with Crippen LogP contribution in [0.4, 0.5) is 5.82 Å². The van der Waals surface area contributed by atoms with E-state index in [0.717, 1.165) is 12.8 Å². The van der Waals surface area contributed by atoms with Crippen molar-refractivity contribution in [2.24, 2.45) is 11.8 Å². The van der Waals surface area contributed by atoms with Crippen LogP contribution in [0.15, 0.2) is 12.4 Å². The summed E-state index contributed by atoms with van der Waals surface area (Å²) in [6.07, 6.45) is 6.31. The van der Waals surface area contributed by atoms with Gasteiger partial charge < -0.3 is 10.4 Å². The van der Waals surface area contributed by atoms with E-state index in [1.54, 1.807) is 6.20 Å². The molecule has 5 heteroatoms. The Morgan fingerprint density at radius 2 is 1.94 bits per heavy atom. The normalized spacial score (nSPS) is 27.8. The van der Waals surface area contributed by atoms with E-state index < -0.39 is 5.97 Å². The number of rotatable bonds is 3. The maximum Gasteiger partial charge on any atom is 0.356 e. The summed E-state index contributed by atoms with van der Waals surface area (Å²) >= 11 is 0. The molecule has 1 saturated carbocycles. The molecule has 0 aliphatic heterocycles. The molecule has 1 aromatic rings. The zero-order chi connectivity index (χ0) is 13.1. The second kappa shape index (κ2) is 5.33. The first-order chi connectivity index (χ1) is 8.54. The minimum Gasteiger partial charge on any atom is -0.476 e. The van der Waals surface area contributed by atoms with Crippen LogP contribution < -0.4 is 5.32 Å². The predicted molar refractivity (Wildman–Crippen MR) is 68.6 cm³/mol. The highest BCUT2D eigenvalue weighted by molar-refractivity contribution is 5.85. The summed E-state index contributed by atoms with van der Waals surface area (Å²) < 4.78 is 0. The fourth-order valence-electron chi connectivity index (χ4n) is 2.81. The van der Waals surface area contributed by atoms with Crippen molar-refractivity contribution in [1.82, 2.24) is 9.97 Å². The molecule has 1 fully saturated rings. The lowest BCUT2D eigenvalue weighted by Gasteiger charge is -2.32. The van der Waals surface area contributed by atoms with Crippen LogP contribution in [0.25, 0.3) is 0 Å². The number of nitrogens with one attached hydrogen (secondary N) is 1. The predicted octanol–water partition coefficient (Wildman–Crippen LogP) is 2.41. The van der Waals surface area contributed by atoms with Gasteiger partial charge in [0.25, 0.3) is 0 Å². The number of nitrogens with zero attached hydrogens (tertiary/aromatic N) is 2. The molecule has 5 nitrogen and oxygen atoms in total. The van der Waals surface area contributed by atoms with Gasteiger partial charge >= 0.3 is 5.97 Å². The Morgan fingerprint density at radius 3 is 2.56 bits per heavy atom. The minimum absolute atomic E-state index is 0.0168. The summed E-state index contributed by atoms with van der Waals surface area (Å²) in [6, 6.07) is 0.363. The number of hydrogen-bond donors (Lipinski definition) is 2. The molecule has 1 aromatic heterocycles. The standard InChI is InChI=1S/C13H19N3O2/c1-8-3-9(2)5-10(4-8)15-12-7-14-6-11(16-12)13(17)18/h6-10H,3-5H2,1-2H3,(H,15,16)(H,17,18). The number of carboxylic acids is 1. The SMILES string of the molecule is CC1CC(C)CC(Nc2cncc(C(=O)O)n2)C1. The van der Waals surface area contributed by atoms with E-state index in [0.29, 0.717) is 23.7 Å². The summed E-state index contributed by atoms with van der Waals surface area (Å²) in [5.41, 5.74) is -0.0168. The van der Waals surface area contributed by atoms with Crippen molar-refractivity contribution in [3.05, 3.63) is 18.1 Å². The number of carboxylic acid groups (broad SMARTS) is 1. The summed E-state index contributed by atoms with van der Waals surface area (Å²) in [4.78, 5) is 18.8. The molecule has 98 valence electrons. The van der Waals surface area contributed by atoms with E-state index in [1.807, 2.05) is 0 Å². The average Bonchev–Trinajstić information content (AvgIpc) is 2.27. The molecule has 0 aromatic carbocycles. The minimum atomic E-state index is -1.04. The summed E-state index contributed by atoms with van der Waals surface area (Å²) in [6.45, 7) is 4.51. The molecule has 18 heavy (non-hydrogen) atoms. The van der Waals surface area contributed by atoms with Gasteiger partial charge in [-0.15, -0.1) is 0 Å². The van der Waals surface area contributed by atoms with Crippen molar-refractivity contribution >= 4 is 11.8 Å². The molecular weight excluding hydrogens is 230 g/mol. The third-order valence-corrected chi connectivity index (χ3v) is 3.38. The van der Waals surface area contributed by atoms with Crippen molar-refractivity contribution in [3.63, 3.8) is 0 Å². The topological polar surface area (TPSA) is 75.1 Å². The van der Waals surface area contributed by atoms with Crippen molar-refractivity contribution < 1.29 is 9.90 Å². The molecule has 1 aliphatic carbocycles. The Bertz CT molecular complexity index is 426. The van der Waals surface area contributed by atoms with Gasteiger partial charge in [-0.3, -0.25) is 4.98 Å². The smallest absolute Gasteiger partial charge is 0.356 e. The van der Waals surface area contributed by atoms with Crippen LogP contribution in [0.3, 0.4) is 0 Å². The van der Waals surface area contributed by atoms with Gasteiger partial charge in [0.1, 0.15) is 5.82 Å². The molecule has 0 amide bonds. The van der Waals surface area contributed by atoms with Gasteiger partial charge in [0.15, 0.2) is 5.69 Å². The molecule has 1 heterocycles. The first-order valence-corrected chi connectivity index (χ1v) is 6.36. The third kappa shape index (κ3) is 3.18. The van der Waals surface area contributed by atoms with Gasteiger partial charge in [-0.1, -0.05) is 13.8 Å². The Balaban J connectivity index is 2.04. The Hall–Kier alpha value is -1.65. The summed E-state index contributed by atoms with van der Waals surface area (Å²) in [5.74, 6) is 0.904. The molecular formula is C13H19N3O2. The highest BCUT2D eigenvalue weighted by Gasteiger charge is 2.24. The van der Waals surface area contributed by atoms with Crippen LogP contribution in [-0.2, 0) is 0 Å². The van der Waals surface area contributed by atoms with E-state index in [-0.39, 0.29) is 5.69 Å². The van der Waals surface area contributed by atoms with Crippen LogP contribution in [-0.4, -0.2) is 27.1 Å². The number of aromatic carboxylic acids is 1. The van der Waals surface area contributed by atoms with Crippen LogP contribution in [0.1, 0.15) is 43.6 Å². The molecule has 0 saturated heterocycles. The lowest BCUT2D eigenvalue weighted by atomic mass is 9.80. The second-order valence-electron chi connectivity index (χ2n) is 5.35. The second-order valence-corrected chi connectivity index (χ2v) is 5.35. The van der Waals surface area contributed by atoms with Gasteiger partial charge in [0.2, 0.25) is 0 Å². The molecule has 2 atom stereocenters. The third-order valence-electron chi connectivity index (χ3n) is 3.38. The molecule has 2 unspecified atom stereocenters. The number of hydrogen-bond acceptors (Lipinski definition) is 4. The van der Waals surface area contributed by atoms with Crippen LogP contribution in [0, 0.1) is 11.8 Å². The van der Waals surface area contributed by atoms with E-state index >= 15 is 0 Å². The molecule has 0 spiro atoms. The van der Waals surface area contributed by atoms with Crippen molar-refractivity contribution in [2.45, 2.75) is 39.2 Å². The summed E-state index contributed by atoms with van der Waals surface area (Å²) in [7, 11) is 0. The van der Waals surface area contributed by atoms with Crippen LogP contribution >= 0.6 is 0 Å². The lowest BCUT2D eigenvalue weighted by molar-refractivity contribution is 0.0690. The van der Waals surface area contributed by atoms with Gasteiger partial charge in [-0.25, -0.2) is 9.78 Å². The maximum atomic E-state index is 10.8. The molecule has 0 bridgehead atoms. The van der Waals surface area contributed by atoms with E-state index in [4.69, 9.17) is 5.11 Å². The first-order valence-electron chi connectivity index (χ1n) is 6.36. The number of anilines is 1. The highest BCUT2D eigenvalue weighted by Crippen LogP contribution is 2.29. The van der Waals surface area contributed by atoms with Gasteiger partial charge in [-0.05, 0) is 31.1 Å². The monoisotopic (exact) mass is 249 g/mol. The zero-order valence-corrected chi connectivity index (χ0v) is 10.8. The zero-order valence-electron chi connectivity index (χ0n) is 10.8. The molecule has 1 aliphatic rings. The Morgan fingerprint density at radius 1 is 1.28 bits per heavy atom. The van der Waals surface area contributed by atoms with Crippen molar-refractivity contribution in [3.8, 4) is 0 Å². The maximum absolute atomic E-state index is 10.8. The Kier molecular flexibility index (Phi) is 3.79. The van der Waals surface area contributed by atoms with Crippen molar-refractivity contribution in [2.75, 3.05) is 5.32 Å². The van der Waals surface area contributed by atoms with E-state index in [1.165, 1.54) is 12.6 Å². The lowest BCUT2D eigenvalue weighted by Crippen LogP contribution is -2.30. The van der Waals surface area contributed by atoms with Crippen molar-refractivity contribution in [1.29, 1.82) is 0 Å². The summed E-state index contributed by atoms with van der Waals surface area (Å²) in [5, 5.41) is 12.2. The quantitative estimate of drug-likeness (QED) is 0.860. The molecule has 2 N–H and O–H groups in total. The number of carbonyl (C=O) groups is 1. The Labute approximate surface area is 107 Å². The van der Waals surface area contributed by atoms with E-state index in [2.05, 4.69) is 29.1 Å². The van der Waals surface area contributed by atoms with E-state index in [9.17, 15) is 4.79 Å². The average molecular weight is 249 g/mol. The number of aromatic nitrogens is 2. The fraction of sp³-hybridized carbons (Fsp3) is 0.615. The first kappa shape index (κ1) is 12.8. The molecule has 0 radical (unpaired) electrons.